The van der Waals surface area contributed by atoms with Crippen molar-refractivity contribution in [2.45, 2.75) is 38.1 Å². The zero-order valence-corrected chi connectivity index (χ0v) is 17.2. The van der Waals surface area contributed by atoms with E-state index in [1.165, 1.54) is 36.5 Å². The van der Waals surface area contributed by atoms with E-state index in [0.717, 1.165) is 25.7 Å². The summed E-state index contributed by atoms with van der Waals surface area (Å²) in [7, 11) is 0. The first-order valence-corrected chi connectivity index (χ1v) is 10.7. The molecule has 6 nitrogen and oxygen atoms in total. The van der Waals surface area contributed by atoms with Gasteiger partial charge in [0, 0.05) is 18.4 Å². The molecule has 1 aromatic heterocycles. The third-order valence-electron chi connectivity index (χ3n) is 5.04. The number of benzene rings is 1. The lowest BCUT2D eigenvalue weighted by Gasteiger charge is -2.30. The highest BCUT2D eigenvalue weighted by atomic mass is 35.5. The van der Waals surface area contributed by atoms with Gasteiger partial charge in [0.2, 0.25) is 0 Å². The van der Waals surface area contributed by atoms with Gasteiger partial charge in [-0.05, 0) is 54.4 Å². The molecule has 0 radical (unpaired) electrons. The van der Waals surface area contributed by atoms with Crippen molar-refractivity contribution in [1.82, 2.24) is 9.88 Å². The van der Waals surface area contributed by atoms with Crippen LogP contribution < -0.4 is 0 Å². The molecule has 0 spiro atoms. The lowest BCUT2D eigenvalue weighted by molar-refractivity contribution is -0.124. The highest BCUT2D eigenvalue weighted by Gasteiger charge is 2.38. The second-order valence-electron chi connectivity index (χ2n) is 7.05. The quantitative estimate of drug-likeness (QED) is 0.524. The van der Waals surface area contributed by atoms with E-state index in [1.54, 1.807) is 29.3 Å². The molecule has 1 saturated carbocycles. The van der Waals surface area contributed by atoms with Crippen LogP contribution in [-0.2, 0) is 4.79 Å². The number of carbonyl (C=O) groups is 1. The molecule has 1 amide bonds. The first-order chi connectivity index (χ1) is 14.0. The van der Waals surface area contributed by atoms with Crippen LogP contribution in [0.25, 0.3) is 6.08 Å². The standard InChI is InChI=1S/C21H20ClN3O3S/c22-15-12-23-9-8-16(15)24-21-25(14-4-2-1-3-5-14)20(28)19(29-21)11-13-6-7-17(26)18(27)10-13/h6-12,14,26-27H,1-5H2/b19-11-,24-21?. The molecule has 4 rings (SSSR count). The molecule has 2 aromatic rings. The minimum Gasteiger partial charge on any atom is -0.504 e. The molecule has 1 saturated heterocycles. The molecule has 2 heterocycles. The summed E-state index contributed by atoms with van der Waals surface area (Å²) < 4.78 is 0. The van der Waals surface area contributed by atoms with Gasteiger partial charge in [0.15, 0.2) is 16.7 Å². The van der Waals surface area contributed by atoms with Crippen LogP contribution in [0.3, 0.4) is 0 Å². The van der Waals surface area contributed by atoms with Gasteiger partial charge in [-0.2, -0.15) is 0 Å². The Bertz CT molecular complexity index is 1000. The fourth-order valence-corrected chi connectivity index (χ4v) is 4.78. The highest BCUT2D eigenvalue weighted by molar-refractivity contribution is 8.18. The molecule has 29 heavy (non-hydrogen) atoms. The fourth-order valence-electron chi connectivity index (χ4n) is 3.57. The van der Waals surface area contributed by atoms with Gasteiger partial charge in [-0.1, -0.05) is 36.9 Å². The molecule has 2 N–H and O–H groups in total. The molecule has 1 aromatic carbocycles. The zero-order chi connectivity index (χ0) is 20.4. The summed E-state index contributed by atoms with van der Waals surface area (Å²) in [6.07, 6.45) is 10.1. The van der Waals surface area contributed by atoms with E-state index in [1.807, 2.05) is 0 Å². The summed E-state index contributed by atoms with van der Waals surface area (Å²) in [6, 6.07) is 6.31. The normalized spacial score (nSPS) is 20.7. The second-order valence-corrected chi connectivity index (χ2v) is 8.46. The highest BCUT2D eigenvalue weighted by Crippen LogP contribution is 2.39. The van der Waals surface area contributed by atoms with Crippen molar-refractivity contribution >= 4 is 46.2 Å². The third-order valence-corrected chi connectivity index (χ3v) is 6.32. The number of hydrogen-bond donors (Lipinski definition) is 2. The van der Waals surface area contributed by atoms with Crippen molar-refractivity contribution in [1.29, 1.82) is 0 Å². The predicted octanol–water partition coefficient (Wildman–Crippen LogP) is 5.08. The molecule has 0 atom stereocenters. The second kappa shape index (κ2) is 8.47. The molecule has 0 bridgehead atoms. The zero-order valence-electron chi connectivity index (χ0n) is 15.6. The van der Waals surface area contributed by atoms with Gasteiger partial charge in [-0.15, -0.1) is 0 Å². The number of phenols is 2. The Morgan fingerprint density at radius 1 is 1.17 bits per heavy atom. The van der Waals surface area contributed by atoms with E-state index in [9.17, 15) is 15.0 Å². The summed E-state index contributed by atoms with van der Waals surface area (Å²) in [6.45, 7) is 0. The maximum absolute atomic E-state index is 13.2. The molecule has 0 unspecified atom stereocenters. The van der Waals surface area contributed by atoms with E-state index >= 15 is 0 Å². The molecule has 1 aliphatic heterocycles. The van der Waals surface area contributed by atoms with Gasteiger partial charge in [0.05, 0.1) is 15.6 Å². The van der Waals surface area contributed by atoms with Crippen LogP contribution in [0.1, 0.15) is 37.7 Å². The number of amidine groups is 1. The molecule has 2 aliphatic rings. The van der Waals surface area contributed by atoms with Crippen molar-refractivity contribution in [3.05, 3.63) is 52.2 Å². The number of nitrogens with zero attached hydrogens (tertiary/aromatic N) is 3. The first kappa shape index (κ1) is 19.8. The van der Waals surface area contributed by atoms with E-state index in [2.05, 4.69) is 9.98 Å². The minimum absolute atomic E-state index is 0.0987. The number of phenolic OH excluding ortho intramolecular Hbond substituents is 2. The molecular weight excluding hydrogens is 410 g/mol. The largest absolute Gasteiger partial charge is 0.504 e. The van der Waals surface area contributed by atoms with E-state index in [0.29, 0.717) is 26.3 Å². The Morgan fingerprint density at radius 2 is 1.97 bits per heavy atom. The number of thioether (sulfide) groups is 1. The molecule has 2 fully saturated rings. The van der Waals surface area contributed by atoms with E-state index in [4.69, 9.17) is 11.6 Å². The van der Waals surface area contributed by atoms with Crippen molar-refractivity contribution in [2.75, 3.05) is 0 Å². The van der Waals surface area contributed by atoms with E-state index in [-0.39, 0.29) is 23.4 Å². The Balaban J connectivity index is 1.72. The molecular formula is C21H20ClN3O3S. The average molecular weight is 430 g/mol. The maximum atomic E-state index is 13.2. The average Bonchev–Trinajstić information content (AvgIpc) is 3.02. The van der Waals surface area contributed by atoms with Gasteiger partial charge in [-0.3, -0.25) is 14.7 Å². The summed E-state index contributed by atoms with van der Waals surface area (Å²) in [5.41, 5.74) is 1.20. The topological polar surface area (TPSA) is 86.0 Å². The van der Waals surface area contributed by atoms with Crippen molar-refractivity contribution in [2.24, 2.45) is 4.99 Å². The maximum Gasteiger partial charge on any atom is 0.267 e. The number of halogens is 1. The van der Waals surface area contributed by atoms with E-state index < -0.39 is 0 Å². The number of amides is 1. The Hall–Kier alpha value is -2.51. The number of aromatic nitrogens is 1. The van der Waals surface area contributed by atoms with Gasteiger partial charge >= 0.3 is 0 Å². The van der Waals surface area contributed by atoms with Gasteiger partial charge in [0.25, 0.3) is 5.91 Å². The van der Waals surface area contributed by atoms with Gasteiger partial charge in [0.1, 0.15) is 0 Å². The number of pyridine rings is 1. The van der Waals surface area contributed by atoms with Crippen LogP contribution in [0.2, 0.25) is 5.02 Å². The SMILES string of the molecule is O=C1/C(=C/c2ccc(O)c(O)c2)SC(=Nc2ccncc2Cl)N1C1CCCCC1. The summed E-state index contributed by atoms with van der Waals surface area (Å²) >= 11 is 7.52. The molecule has 1 aliphatic carbocycles. The van der Waals surface area contributed by atoms with Crippen molar-refractivity contribution in [3.63, 3.8) is 0 Å². The lowest BCUT2D eigenvalue weighted by Crippen LogP contribution is -2.40. The van der Waals surface area contributed by atoms with Crippen LogP contribution in [0, 0.1) is 0 Å². The Kier molecular flexibility index (Phi) is 5.78. The Labute approximate surface area is 177 Å². The summed E-state index contributed by atoms with van der Waals surface area (Å²) in [5, 5.41) is 20.3. The minimum atomic E-state index is -0.226. The van der Waals surface area contributed by atoms with Crippen molar-refractivity contribution < 1.29 is 15.0 Å². The Morgan fingerprint density at radius 3 is 2.69 bits per heavy atom. The monoisotopic (exact) mass is 429 g/mol. The number of aliphatic imine (C=N–C) groups is 1. The van der Waals surface area contributed by atoms with Crippen molar-refractivity contribution in [3.8, 4) is 11.5 Å². The van der Waals surface area contributed by atoms with Crippen LogP contribution in [0.15, 0.2) is 46.6 Å². The number of carbonyl (C=O) groups excluding carboxylic acids is 1. The van der Waals surface area contributed by atoms with Crippen LogP contribution in [0.4, 0.5) is 5.69 Å². The number of aromatic hydroxyl groups is 2. The molecule has 150 valence electrons. The molecule has 8 heteroatoms. The smallest absolute Gasteiger partial charge is 0.267 e. The lowest BCUT2D eigenvalue weighted by atomic mass is 9.94. The number of hydrogen-bond acceptors (Lipinski definition) is 6. The summed E-state index contributed by atoms with van der Waals surface area (Å²) in [5.74, 6) is -0.522. The van der Waals surface area contributed by atoms with Gasteiger partial charge in [-0.25, -0.2) is 4.99 Å². The number of rotatable bonds is 3. The fraction of sp³-hybridized carbons (Fsp3) is 0.286. The first-order valence-electron chi connectivity index (χ1n) is 9.46. The van der Waals surface area contributed by atoms with Crippen LogP contribution in [-0.4, -0.2) is 37.2 Å². The third kappa shape index (κ3) is 4.26. The predicted molar refractivity (Wildman–Crippen MR) is 115 cm³/mol. The van der Waals surface area contributed by atoms with Gasteiger partial charge < -0.3 is 10.2 Å². The summed E-state index contributed by atoms with van der Waals surface area (Å²) in [4.78, 5) is 24.2. The van der Waals surface area contributed by atoms with Crippen LogP contribution >= 0.6 is 23.4 Å². The van der Waals surface area contributed by atoms with Crippen LogP contribution in [0.5, 0.6) is 11.5 Å².